The van der Waals surface area contributed by atoms with Gasteiger partial charge in [-0.3, -0.25) is 0 Å². The SMILES string of the molecule is Cc1cc(S(=O)(=O)Nc2nccc(Cl)n2)sc1Cl. The second-order valence-corrected chi connectivity index (χ2v) is 7.28. The van der Waals surface area contributed by atoms with Crippen LogP contribution in [-0.2, 0) is 10.0 Å². The van der Waals surface area contributed by atoms with Crippen LogP contribution in [0.5, 0.6) is 0 Å². The van der Waals surface area contributed by atoms with E-state index in [9.17, 15) is 8.42 Å². The molecule has 0 unspecified atom stereocenters. The minimum Gasteiger partial charge on any atom is -0.246 e. The van der Waals surface area contributed by atoms with Gasteiger partial charge in [0.1, 0.15) is 9.36 Å². The second kappa shape index (κ2) is 5.00. The lowest BCUT2D eigenvalue weighted by atomic mass is 10.4. The lowest BCUT2D eigenvalue weighted by Gasteiger charge is -2.03. The fourth-order valence-corrected chi connectivity index (χ4v) is 3.92. The maximum absolute atomic E-state index is 12.0. The molecule has 0 saturated carbocycles. The van der Waals surface area contributed by atoms with Crippen molar-refractivity contribution in [2.75, 3.05) is 4.72 Å². The Kier molecular flexibility index (Phi) is 3.76. The molecular weight excluding hydrogens is 317 g/mol. The number of nitrogens with zero attached hydrogens (tertiary/aromatic N) is 2. The molecule has 96 valence electrons. The third-order valence-corrected chi connectivity index (χ3v) is 5.51. The first-order valence-corrected chi connectivity index (χ1v) is 7.71. The number of hydrogen-bond acceptors (Lipinski definition) is 5. The molecule has 0 bridgehead atoms. The van der Waals surface area contributed by atoms with E-state index in [1.807, 2.05) is 0 Å². The minimum atomic E-state index is -3.73. The van der Waals surface area contributed by atoms with Crippen molar-refractivity contribution in [1.29, 1.82) is 0 Å². The highest BCUT2D eigenvalue weighted by Gasteiger charge is 2.19. The summed E-state index contributed by atoms with van der Waals surface area (Å²) in [5.41, 5.74) is 0.703. The molecule has 0 aliphatic rings. The molecule has 2 aromatic rings. The molecule has 0 amide bonds. The molecule has 0 fully saturated rings. The van der Waals surface area contributed by atoms with Crippen molar-refractivity contribution in [3.05, 3.63) is 33.4 Å². The first kappa shape index (κ1) is 13.5. The summed E-state index contributed by atoms with van der Waals surface area (Å²) in [6, 6.07) is 2.94. The molecule has 9 heteroatoms. The van der Waals surface area contributed by atoms with Crippen LogP contribution < -0.4 is 4.72 Å². The van der Waals surface area contributed by atoms with E-state index in [0.717, 1.165) is 11.3 Å². The van der Waals surface area contributed by atoms with E-state index < -0.39 is 10.0 Å². The highest BCUT2D eigenvalue weighted by molar-refractivity contribution is 7.94. The van der Waals surface area contributed by atoms with Crippen LogP contribution in [0.15, 0.2) is 22.5 Å². The molecule has 0 aromatic carbocycles. The Morgan fingerprint density at radius 3 is 2.67 bits per heavy atom. The zero-order valence-electron chi connectivity index (χ0n) is 9.02. The van der Waals surface area contributed by atoms with E-state index >= 15 is 0 Å². The number of aryl methyl sites for hydroxylation is 1. The number of nitrogens with one attached hydrogen (secondary N) is 1. The first-order valence-electron chi connectivity index (χ1n) is 4.66. The quantitative estimate of drug-likeness (QED) is 0.881. The predicted molar refractivity (Wildman–Crippen MR) is 71.9 cm³/mol. The Hall–Kier alpha value is -0.890. The molecule has 18 heavy (non-hydrogen) atoms. The van der Waals surface area contributed by atoms with E-state index in [1.165, 1.54) is 18.3 Å². The third kappa shape index (κ3) is 2.92. The number of aromatic nitrogens is 2. The molecule has 2 heterocycles. The summed E-state index contributed by atoms with van der Waals surface area (Å²) in [7, 11) is -3.73. The maximum Gasteiger partial charge on any atom is 0.273 e. The van der Waals surface area contributed by atoms with Gasteiger partial charge in [0, 0.05) is 6.20 Å². The number of thiophene rings is 1. The van der Waals surface area contributed by atoms with Gasteiger partial charge in [0.2, 0.25) is 5.95 Å². The summed E-state index contributed by atoms with van der Waals surface area (Å²) in [5.74, 6) is -0.0790. The summed E-state index contributed by atoms with van der Waals surface area (Å²) >= 11 is 12.5. The molecule has 0 aliphatic heterocycles. The van der Waals surface area contributed by atoms with Gasteiger partial charge >= 0.3 is 0 Å². The standard InChI is InChI=1S/C9H7Cl2N3O2S2/c1-5-4-7(17-8(5)11)18(15,16)14-9-12-3-2-6(10)13-9/h2-4H,1H3,(H,12,13,14). The van der Waals surface area contributed by atoms with Gasteiger partial charge in [0.05, 0.1) is 4.34 Å². The fraction of sp³-hybridized carbons (Fsp3) is 0.111. The Morgan fingerprint density at radius 1 is 1.39 bits per heavy atom. The van der Waals surface area contributed by atoms with Crippen LogP contribution in [0, 0.1) is 6.92 Å². The van der Waals surface area contributed by atoms with E-state index in [0.29, 0.717) is 9.90 Å². The van der Waals surface area contributed by atoms with E-state index in [1.54, 1.807) is 6.92 Å². The summed E-state index contributed by atoms with van der Waals surface area (Å²) < 4.78 is 26.8. The Labute approximate surface area is 118 Å². The van der Waals surface area contributed by atoms with E-state index in [2.05, 4.69) is 14.7 Å². The number of hydrogen-bond donors (Lipinski definition) is 1. The van der Waals surface area contributed by atoms with Gasteiger partial charge in [-0.25, -0.2) is 23.1 Å². The predicted octanol–water partition coefficient (Wildman–Crippen LogP) is 2.95. The summed E-state index contributed by atoms with van der Waals surface area (Å²) in [6.45, 7) is 1.73. The third-order valence-electron chi connectivity index (χ3n) is 1.95. The number of halogens is 2. The largest absolute Gasteiger partial charge is 0.273 e. The molecule has 0 atom stereocenters. The molecule has 5 nitrogen and oxygen atoms in total. The zero-order chi connectivity index (χ0) is 13.3. The van der Waals surface area contributed by atoms with Crippen LogP contribution in [0.25, 0.3) is 0 Å². The minimum absolute atomic E-state index is 0.0790. The van der Waals surface area contributed by atoms with Gasteiger partial charge < -0.3 is 0 Å². The van der Waals surface area contributed by atoms with Gasteiger partial charge in [-0.05, 0) is 24.6 Å². The van der Waals surface area contributed by atoms with Gasteiger partial charge in [0.25, 0.3) is 10.0 Å². The average molecular weight is 324 g/mol. The van der Waals surface area contributed by atoms with Crippen LogP contribution in [0.3, 0.4) is 0 Å². The second-order valence-electron chi connectivity index (χ2n) is 3.33. The van der Waals surface area contributed by atoms with Crippen molar-refractivity contribution in [1.82, 2.24) is 9.97 Å². The van der Waals surface area contributed by atoms with E-state index in [-0.39, 0.29) is 15.3 Å². The van der Waals surface area contributed by atoms with Gasteiger partial charge in [-0.15, -0.1) is 11.3 Å². The summed E-state index contributed by atoms with van der Waals surface area (Å²) in [4.78, 5) is 7.51. The lowest BCUT2D eigenvalue weighted by molar-refractivity contribution is 0.602. The normalized spacial score (nSPS) is 11.5. The van der Waals surface area contributed by atoms with Crippen molar-refractivity contribution >= 4 is 50.5 Å². The van der Waals surface area contributed by atoms with Crippen LogP contribution in [0.2, 0.25) is 9.49 Å². The van der Waals surface area contributed by atoms with Crippen molar-refractivity contribution < 1.29 is 8.42 Å². The molecule has 1 N–H and O–H groups in total. The van der Waals surface area contributed by atoms with Gasteiger partial charge in [-0.2, -0.15) is 0 Å². The molecule has 2 aromatic heterocycles. The van der Waals surface area contributed by atoms with Crippen LogP contribution in [0.4, 0.5) is 5.95 Å². The van der Waals surface area contributed by atoms with Crippen molar-refractivity contribution in [2.45, 2.75) is 11.1 Å². The van der Waals surface area contributed by atoms with Crippen LogP contribution in [-0.4, -0.2) is 18.4 Å². The monoisotopic (exact) mass is 323 g/mol. The van der Waals surface area contributed by atoms with E-state index in [4.69, 9.17) is 23.2 Å². The summed E-state index contributed by atoms with van der Waals surface area (Å²) in [6.07, 6.45) is 1.36. The maximum atomic E-state index is 12.0. The Bertz CT molecular complexity index is 665. The topological polar surface area (TPSA) is 72.0 Å². The zero-order valence-corrected chi connectivity index (χ0v) is 12.2. The highest BCUT2D eigenvalue weighted by atomic mass is 35.5. The summed E-state index contributed by atoms with van der Waals surface area (Å²) in [5, 5.41) is 0.156. The molecule has 2 rings (SSSR count). The average Bonchev–Trinajstić information content (AvgIpc) is 2.59. The molecular formula is C9H7Cl2N3O2S2. The van der Waals surface area contributed by atoms with Crippen LogP contribution in [0.1, 0.15) is 5.56 Å². The number of rotatable bonds is 3. The van der Waals surface area contributed by atoms with Crippen molar-refractivity contribution in [3.8, 4) is 0 Å². The Balaban J connectivity index is 2.33. The van der Waals surface area contributed by atoms with Gasteiger partial charge in [-0.1, -0.05) is 23.2 Å². The molecule has 0 aliphatic carbocycles. The Morgan fingerprint density at radius 2 is 2.11 bits per heavy atom. The van der Waals surface area contributed by atoms with Crippen LogP contribution >= 0.6 is 34.5 Å². The molecule has 0 radical (unpaired) electrons. The smallest absolute Gasteiger partial charge is 0.246 e. The molecule has 0 saturated heterocycles. The fourth-order valence-electron chi connectivity index (χ4n) is 1.12. The number of anilines is 1. The lowest BCUT2D eigenvalue weighted by Crippen LogP contribution is -2.13. The molecule has 0 spiro atoms. The first-order chi connectivity index (χ1) is 8.38. The van der Waals surface area contributed by atoms with Crippen molar-refractivity contribution in [3.63, 3.8) is 0 Å². The van der Waals surface area contributed by atoms with Crippen molar-refractivity contribution in [2.24, 2.45) is 0 Å². The van der Waals surface area contributed by atoms with Gasteiger partial charge in [0.15, 0.2) is 0 Å². The number of sulfonamides is 1. The highest BCUT2D eigenvalue weighted by Crippen LogP contribution is 2.30.